The molecule has 0 unspecified atom stereocenters. The number of carbonyl (C=O) groups is 2. The van der Waals surface area contributed by atoms with Gasteiger partial charge in [0.25, 0.3) is 11.8 Å². The van der Waals surface area contributed by atoms with Crippen LogP contribution in [0.25, 0.3) is 11.1 Å². The van der Waals surface area contributed by atoms with Gasteiger partial charge in [0.1, 0.15) is 6.04 Å². The van der Waals surface area contributed by atoms with Crippen LogP contribution in [-0.2, 0) is 11.3 Å². The van der Waals surface area contributed by atoms with Gasteiger partial charge in [0.15, 0.2) is 0 Å². The third kappa shape index (κ3) is 7.11. The van der Waals surface area contributed by atoms with E-state index < -0.39 is 24.0 Å². The number of carbonyl (C=O) groups excluding carboxylic acids is 2. The Morgan fingerprint density at radius 1 is 1.09 bits per heavy atom. The predicted octanol–water partition coefficient (Wildman–Crippen LogP) is 1.16. The van der Waals surface area contributed by atoms with Crippen molar-refractivity contribution in [2.24, 2.45) is 4.99 Å². The second kappa shape index (κ2) is 12.1. The Labute approximate surface area is 193 Å². The maximum atomic E-state index is 12.4. The first-order valence-electron chi connectivity index (χ1n) is 11.0. The van der Waals surface area contributed by atoms with Gasteiger partial charge in [-0.3, -0.25) is 19.8 Å². The molecule has 0 saturated carbocycles. The molecule has 1 heterocycles. The minimum Gasteiger partial charge on any atom is -0.391 e. The minimum absolute atomic E-state index is 0.344. The van der Waals surface area contributed by atoms with Gasteiger partial charge in [-0.15, -0.1) is 0 Å². The van der Waals surface area contributed by atoms with Gasteiger partial charge in [0, 0.05) is 25.2 Å². The lowest BCUT2D eigenvalue weighted by molar-refractivity contribution is -0.133. The van der Waals surface area contributed by atoms with Crippen molar-refractivity contribution in [1.29, 1.82) is 0 Å². The Morgan fingerprint density at radius 3 is 2.33 bits per heavy atom. The average molecular weight is 454 g/mol. The summed E-state index contributed by atoms with van der Waals surface area (Å²) in [5, 5.41) is 24.3. The Morgan fingerprint density at radius 2 is 1.76 bits per heavy atom. The van der Waals surface area contributed by atoms with Crippen LogP contribution in [0.3, 0.4) is 0 Å². The molecule has 2 aromatic carbocycles. The first-order chi connectivity index (χ1) is 16.0. The highest BCUT2D eigenvalue weighted by atomic mass is 16.5. The molecule has 0 spiro atoms. The molecular weight excluding hydrogens is 422 g/mol. The van der Waals surface area contributed by atoms with E-state index in [-0.39, 0.29) is 0 Å². The lowest BCUT2D eigenvalue weighted by atomic mass is 10.0. The zero-order chi connectivity index (χ0) is 23.6. The fraction of sp³-hybridized carbons (Fsp3) is 0.375. The van der Waals surface area contributed by atoms with Crippen LogP contribution in [-0.4, -0.2) is 71.7 Å². The lowest BCUT2D eigenvalue weighted by Gasteiger charge is -2.19. The summed E-state index contributed by atoms with van der Waals surface area (Å²) in [5.41, 5.74) is 4.97. The van der Waals surface area contributed by atoms with Crippen molar-refractivity contribution < 1.29 is 19.9 Å². The molecule has 5 N–H and O–H groups in total. The van der Waals surface area contributed by atoms with Gasteiger partial charge in [-0.1, -0.05) is 36.4 Å². The molecule has 2 amide bonds. The molecule has 0 radical (unpaired) electrons. The summed E-state index contributed by atoms with van der Waals surface area (Å²) >= 11 is 0. The molecule has 9 nitrogen and oxygen atoms in total. The standard InChI is InChI=1S/C24H31N5O4/c1-17(30)22(24(32)28-33)27-23(31)21-9-7-20(8-10-21)19-5-3-18(4-6-19)15-25-11-2-13-29-14-12-26-16-29/h3-10,16-17,22,25,30,33H,2,11-15H2,1H3,(H,27,31)(H,28,32)/t17-,22+/m1/s1. The molecule has 0 fully saturated rings. The molecule has 2 atom stereocenters. The summed E-state index contributed by atoms with van der Waals surface area (Å²) in [5.74, 6) is -1.40. The van der Waals surface area contributed by atoms with E-state index in [0.717, 1.165) is 50.3 Å². The van der Waals surface area contributed by atoms with Crippen LogP contribution in [0.4, 0.5) is 0 Å². The number of hydrogen-bond acceptors (Lipinski definition) is 7. The molecule has 0 aromatic heterocycles. The highest BCUT2D eigenvalue weighted by Crippen LogP contribution is 2.20. The second-order valence-electron chi connectivity index (χ2n) is 8.03. The van der Waals surface area contributed by atoms with Gasteiger partial charge in [-0.2, -0.15) is 0 Å². The number of nitrogens with zero attached hydrogens (tertiary/aromatic N) is 2. The maximum absolute atomic E-state index is 12.4. The van der Waals surface area contributed by atoms with Crippen molar-refractivity contribution in [1.82, 2.24) is 21.0 Å². The van der Waals surface area contributed by atoms with Crippen molar-refractivity contribution in [3.05, 3.63) is 59.7 Å². The smallest absolute Gasteiger partial charge is 0.268 e. The van der Waals surface area contributed by atoms with E-state index in [2.05, 4.69) is 32.7 Å². The topological polar surface area (TPSA) is 126 Å². The largest absolute Gasteiger partial charge is 0.391 e. The first-order valence-corrected chi connectivity index (χ1v) is 11.0. The molecule has 9 heteroatoms. The summed E-state index contributed by atoms with van der Waals surface area (Å²) in [6.45, 7) is 6.06. The van der Waals surface area contributed by atoms with Crippen molar-refractivity contribution >= 4 is 18.2 Å². The Kier molecular flexibility index (Phi) is 8.94. The number of aliphatic imine (C=N–C) groups is 1. The molecule has 3 rings (SSSR count). The van der Waals surface area contributed by atoms with E-state index in [4.69, 9.17) is 5.21 Å². The lowest BCUT2D eigenvalue weighted by Crippen LogP contribution is -2.51. The summed E-state index contributed by atoms with van der Waals surface area (Å²) in [6.07, 6.45) is 1.85. The Bertz CT molecular complexity index is 944. The van der Waals surface area contributed by atoms with E-state index in [9.17, 15) is 14.7 Å². The molecule has 2 aromatic rings. The van der Waals surface area contributed by atoms with Crippen molar-refractivity contribution in [3.63, 3.8) is 0 Å². The fourth-order valence-corrected chi connectivity index (χ4v) is 3.55. The number of hydrogen-bond donors (Lipinski definition) is 5. The summed E-state index contributed by atoms with van der Waals surface area (Å²) in [7, 11) is 0. The van der Waals surface area contributed by atoms with Gasteiger partial charge in [0.2, 0.25) is 0 Å². The fourth-order valence-electron chi connectivity index (χ4n) is 3.55. The second-order valence-corrected chi connectivity index (χ2v) is 8.03. The summed E-state index contributed by atoms with van der Waals surface area (Å²) < 4.78 is 0. The van der Waals surface area contributed by atoms with Gasteiger partial charge in [-0.25, -0.2) is 5.48 Å². The monoisotopic (exact) mass is 453 g/mol. The highest BCUT2D eigenvalue weighted by molar-refractivity contribution is 5.97. The van der Waals surface area contributed by atoms with Crippen molar-refractivity contribution in [2.45, 2.75) is 32.0 Å². The summed E-state index contributed by atoms with van der Waals surface area (Å²) in [6, 6.07) is 14.0. The molecule has 1 aliphatic rings. The van der Waals surface area contributed by atoms with Gasteiger partial charge in [0.05, 0.1) is 19.0 Å². The third-order valence-corrected chi connectivity index (χ3v) is 5.49. The van der Waals surface area contributed by atoms with Crippen LogP contribution >= 0.6 is 0 Å². The van der Waals surface area contributed by atoms with E-state index in [1.54, 1.807) is 12.1 Å². The molecule has 0 aliphatic carbocycles. The molecule has 0 bridgehead atoms. The zero-order valence-electron chi connectivity index (χ0n) is 18.7. The quantitative estimate of drug-likeness (QED) is 0.197. The number of benzene rings is 2. The number of amides is 2. The van der Waals surface area contributed by atoms with Crippen LogP contribution in [0.15, 0.2) is 53.5 Å². The van der Waals surface area contributed by atoms with Crippen LogP contribution in [0.2, 0.25) is 0 Å². The number of nitrogens with one attached hydrogen (secondary N) is 3. The normalized spacial score (nSPS) is 14.7. The van der Waals surface area contributed by atoms with E-state index in [1.165, 1.54) is 18.0 Å². The molecular formula is C24H31N5O4. The molecule has 1 aliphatic heterocycles. The van der Waals surface area contributed by atoms with Crippen molar-refractivity contribution in [2.75, 3.05) is 26.2 Å². The molecule has 33 heavy (non-hydrogen) atoms. The third-order valence-electron chi connectivity index (χ3n) is 5.49. The molecule has 176 valence electrons. The number of rotatable bonds is 11. The van der Waals surface area contributed by atoms with Crippen LogP contribution < -0.4 is 16.1 Å². The van der Waals surface area contributed by atoms with Crippen LogP contribution in [0.5, 0.6) is 0 Å². The number of aliphatic hydroxyl groups is 1. The summed E-state index contributed by atoms with van der Waals surface area (Å²) in [4.78, 5) is 30.4. The number of hydroxylamine groups is 1. The van der Waals surface area contributed by atoms with Crippen LogP contribution in [0.1, 0.15) is 29.3 Å². The maximum Gasteiger partial charge on any atom is 0.268 e. The zero-order valence-corrected chi connectivity index (χ0v) is 18.7. The van der Waals surface area contributed by atoms with E-state index in [0.29, 0.717) is 5.56 Å². The minimum atomic E-state index is -1.25. The Hall–Kier alpha value is -3.27. The van der Waals surface area contributed by atoms with Crippen molar-refractivity contribution in [3.8, 4) is 11.1 Å². The van der Waals surface area contributed by atoms with Gasteiger partial charge >= 0.3 is 0 Å². The van der Waals surface area contributed by atoms with Crippen LogP contribution in [0, 0.1) is 0 Å². The Balaban J connectivity index is 1.49. The van der Waals surface area contributed by atoms with E-state index in [1.807, 2.05) is 30.6 Å². The number of aliphatic hydroxyl groups excluding tert-OH is 1. The first kappa shape index (κ1) is 24.4. The van der Waals surface area contributed by atoms with E-state index >= 15 is 0 Å². The predicted molar refractivity (Wildman–Crippen MR) is 126 cm³/mol. The average Bonchev–Trinajstić information content (AvgIpc) is 3.35. The van der Waals surface area contributed by atoms with Gasteiger partial charge < -0.3 is 20.6 Å². The highest BCUT2D eigenvalue weighted by Gasteiger charge is 2.25. The molecule has 0 saturated heterocycles. The van der Waals surface area contributed by atoms with Gasteiger partial charge in [-0.05, 0) is 48.7 Å². The SMILES string of the molecule is C[C@@H](O)[C@H](NC(=O)c1ccc(-c2ccc(CNCCCN3C=NCC3)cc2)cc1)C(=O)NO.